The molecule has 7 heterocycles. The highest BCUT2D eigenvalue weighted by Crippen LogP contribution is 2.50. The molecule has 7 nitrogen and oxygen atoms in total. The first kappa shape index (κ1) is 44.5. The Morgan fingerprint density at radius 3 is 1.07 bits per heavy atom. The fourth-order valence-electron chi connectivity index (χ4n) is 14.3. The van der Waals surface area contributed by atoms with Crippen LogP contribution in [0.2, 0.25) is 0 Å². The molecule has 0 N–H and O–H groups in total. The van der Waals surface area contributed by atoms with Crippen molar-refractivity contribution in [2.24, 2.45) is 0 Å². The third-order valence-electron chi connectivity index (χ3n) is 17.5. The van der Waals surface area contributed by atoms with E-state index in [4.69, 9.17) is 14.5 Å². The van der Waals surface area contributed by atoms with Gasteiger partial charge in [0.2, 0.25) is 0 Å². The molecule has 18 rings (SSSR count). The largest absolute Gasteiger partial charge is 0.458 e. The molecule has 0 bridgehead atoms. The molecule has 0 spiro atoms. The molecule has 6 aliphatic heterocycles. The summed E-state index contributed by atoms with van der Waals surface area (Å²) in [6, 6.07) is 96.9. The van der Waals surface area contributed by atoms with Crippen LogP contribution in [0.5, 0.6) is 23.0 Å². The Hall–Kier alpha value is -10.4. The lowest BCUT2D eigenvalue weighted by Crippen LogP contribution is -2.66. The van der Waals surface area contributed by atoms with E-state index >= 15 is 0 Å². The van der Waals surface area contributed by atoms with Gasteiger partial charge in [0.05, 0.1) is 5.69 Å². The zero-order chi connectivity index (χ0) is 52.9. The van der Waals surface area contributed by atoms with Crippen LogP contribution in [-0.2, 0) is 0 Å². The van der Waals surface area contributed by atoms with Crippen LogP contribution in [0.25, 0.3) is 11.3 Å². The van der Waals surface area contributed by atoms with E-state index < -0.39 is 0 Å². The molecule has 0 saturated heterocycles. The summed E-state index contributed by atoms with van der Waals surface area (Å²) in [5.41, 5.74) is 24.6. The molecular formula is C71H44B3N5O2. The molecule has 0 radical (unpaired) electrons. The maximum absolute atomic E-state index is 6.89. The summed E-state index contributed by atoms with van der Waals surface area (Å²) < 4.78 is 13.8. The van der Waals surface area contributed by atoms with Crippen LogP contribution < -0.4 is 78.2 Å². The van der Waals surface area contributed by atoms with Crippen LogP contribution in [0.15, 0.2) is 267 Å². The van der Waals surface area contributed by atoms with Gasteiger partial charge in [0, 0.05) is 68.1 Å². The maximum Gasteiger partial charge on any atom is 0.256 e. The molecule has 0 saturated carbocycles. The van der Waals surface area contributed by atoms with Crippen molar-refractivity contribution in [2.75, 3.05) is 19.6 Å². The van der Waals surface area contributed by atoms with Crippen molar-refractivity contribution in [2.45, 2.75) is 0 Å². The average Bonchev–Trinajstić information content (AvgIpc) is 3.60. The highest BCUT2D eigenvalue weighted by molar-refractivity contribution is 7.04. The van der Waals surface area contributed by atoms with E-state index in [1.54, 1.807) is 0 Å². The third kappa shape index (κ3) is 6.35. The second-order valence-corrected chi connectivity index (χ2v) is 21.7. The number of pyridine rings is 1. The number of fused-ring (bicyclic) bond motifs is 12. The minimum atomic E-state index is -0.276. The van der Waals surface area contributed by atoms with E-state index in [9.17, 15) is 0 Å². The second-order valence-electron chi connectivity index (χ2n) is 21.7. The first-order valence-electron chi connectivity index (χ1n) is 27.9. The molecule has 11 aromatic carbocycles. The van der Waals surface area contributed by atoms with E-state index in [-0.39, 0.29) is 20.1 Å². The minimum absolute atomic E-state index is 0.119. The van der Waals surface area contributed by atoms with Gasteiger partial charge in [-0.1, -0.05) is 164 Å². The fraction of sp³-hybridized carbons (Fsp3) is 0. The summed E-state index contributed by atoms with van der Waals surface area (Å²) in [7, 11) is 0. The number of hydrogen-bond donors (Lipinski definition) is 0. The molecule has 0 atom stereocenters. The molecule has 81 heavy (non-hydrogen) atoms. The number of para-hydroxylation sites is 6. The zero-order valence-corrected chi connectivity index (χ0v) is 43.7. The predicted octanol–water partition coefficient (Wildman–Crippen LogP) is 11.6. The third-order valence-corrected chi connectivity index (χ3v) is 17.5. The number of benzene rings is 11. The summed E-state index contributed by atoms with van der Waals surface area (Å²) in [6.07, 6.45) is 0. The molecule has 0 aliphatic carbocycles. The summed E-state index contributed by atoms with van der Waals surface area (Å²) in [5.74, 6) is 4.42. The van der Waals surface area contributed by atoms with E-state index in [2.05, 4.69) is 287 Å². The van der Waals surface area contributed by atoms with Gasteiger partial charge in [-0.25, -0.2) is 4.98 Å². The van der Waals surface area contributed by atoms with Crippen LogP contribution in [0.4, 0.5) is 68.4 Å². The zero-order valence-electron chi connectivity index (χ0n) is 43.7. The molecule has 12 aromatic rings. The van der Waals surface area contributed by atoms with E-state index in [0.717, 1.165) is 119 Å². The van der Waals surface area contributed by atoms with Gasteiger partial charge in [0.1, 0.15) is 28.8 Å². The van der Waals surface area contributed by atoms with Gasteiger partial charge < -0.3 is 24.2 Å². The monoisotopic (exact) mass is 1030 g/mol. The Morgan fingerprint density at radius 1 is 0.259 bits per heavy atom. The summed E-state index contributed by atoms with van der Waals surface area (Å²) in [6.45, 7) is -0.514. The smallest absolute Gasteiger partial charge is 0.256 e. The van der Waals surface area contributed by atoms with Crippen molar-refractivity contribution >= 4 is 138 Å². The normalized spacial score (nSPS) is 14.0. The summed E-state index contributed by atoms with van der Waals surface area (Å²) >= 11 is 0. The Balaban J connectivity index is 0.997. The molecule has 374 valence electrons. The SMILES string of the molecule is c1ccc(-c2cc3c4c(n2)N(c2ccccc2)c2cc5c(cc2B4c2cc4c(cc2N3c2ccccc2)N(c2ccccc2)c2cccc3c2B4c2ccccc2O3)B2c3ccccc3Oc3cccc(c32)N5c2ccccc2)cc1. The molecule has 0 fully saturated rings. The lowest BCUT2D eigenvalue weighted by molar-refractivity contribution is 0.487. The highest BCUT2D eigenvalue weighted by atomic mass is 16.5. The Morgan fingerprint density at radius 2 is 0.617 bits per heavy atom. The van der Waals surface area contributed by atoms with Crippen molar-refractivity contribution in [3.8, 4) is 34.3 Å². The number of rotatable bonds is 5. The van der Waals surface area contributed by atoms with E-state index in [0.29, 0.717) is 0 Å². The lowest BCUT2D eigenvalue weighted by atomic mass is 9.29. The highest BCUT2D eigenvalue weighted by Gasteiger charge is 2.50. The van der Waals surface area contributed by atoms with Gasteiger partial charge in [-0.15, -0.1) is 0 Å². The average molecular weight is 1030 g/mol. The lowest BCUT2D eigenvalue weighted by Gasteiger charge is -2.47. The standard InChI is InChI=1S/C71H44B3N5O2/c1-6-22-45(23-7-1)56-42-63-70-71(75-56)79(49-30-14-5-15-31-49)62-44-60-53(73-51-33-17-19-37-65(51)81-67-39-21-35-58(69(67)73)77(60)47-26-10-3-11-27-47)41-55(62)74(70)54-40-52-59(43-61(54)78(63)48-28-12-4-13-29-48)76(46-24-8-2-9-25-46)57-34-20-38-66-68(57)72(52)50-32-16-18-36-64(50)80-66/h1-44H. The number of hydrogen-bond acceptors (Lipinski definition) is 7. The van der Waals surface area contributed by atoms with Crippen molar-refractivity contribution < 1.29 is 9.47 Å². The second kappa shape index (κ2) is 17.0. The molecule has 0 unspecified atom stereocenters. The van der Waals surface area contributed by atoms with Gasteiger partial charge in [0.25, 0.3) is 20.1 Å². The Labute approximate surface area is 470 Å². The summed E-state index contributed by atoms with van der Waals surface area (Å²) in [5, 5.41) is 0. The van der Waals surface area contributed by atoms with Crippen molar-refractivity contribution in [3.05, 3.63) is 267 Å². The Kier molecular flexibility index (Phi) is 9.37. The van der Waals surface area contributed by atoms with Gasteiger partial charge in [-0.2, -0.15) is 0 Å². The molecule has 6 aliphatic rings. The molecular weight excluding hydrogens is 987 g/mol. The first-order chi connectivity index (χ1) is 40.2. The molecule has 0 amide bonds. The fourth-order valence-corrected chi connectivity index (χ4v) is 14.3. The van der Waals surface area contributed by atoms with Gasteiger partial charge in [0.15, 0.2) is 0 Å². The number of nitrogens with zero attached hydrogens (tertiary/aromatic N) is 5. The van der Waals surface area contributed by atoms with Gasteiger partial charge in [-0.05, 0) is 152 Å². The number of ether oxygens (including phenoxy) is 2. The topological polar surface area (TPSA) is 44.3 Å². The quantitative estimate of drug-likeness (QED) is 0.159. The Bertz CT molecular complexity index is 4320. The number of aromatic nitrogens is 1. The predicted molar refractivity (Wildman–Crippen MR) is 335 cm³/mol. The van der Waals surface area contributed by atoms with Crippen molar-refractivity contribution in [1.29, 1.82) is 0 Å². The van der Waals surface area contributed by atoms with Crippen LogP contribution in [-0.4, -0.2) is 25.1 Å². The minimum Gasteiger partial charge on any atom is -0.458 e. The van der Waals surface area contributed by atoms with Crippen LogP contribution in [0.1, 0.15) is 0 Å². The molecule has 10 heteroatoms. The summed E-state index contributed by atoms with van der Waals surface area (Å²) in [4.78, 5) is 15.8. The van der Waals surface area contributed by atoms with Crippen LogP contribution in [0.3, 0.4) is 0 Å². The van der Waals surface area contributed by atoms with Gasteiger partial charge in [-0.3, -0.25) is 4.90 Å². The van der Waals surface area contributed by atoms with Crippen molar-refractivity contribution in [3.63, 3.8) is 0 Å². The van der Waals surface area contributed by atoms with Crippen LogP contribution in [0, 0.1) is 0 Å². The van der Waals surface area contributed by atoms with Crippen LogP contribution >= 0.6 is 0 Å². The maximum atomic E-state index is 6.89. The van der Waals surface area contributed by atoms with Gasteiger partial charge >= 0.3 is 0 Å². The molecule has 1 aromatic heterocycles. The first-order valence-corrected chi connectivity index (χ1v) is 27.9. The van der Waals surface area contributed by atoms with Crippen molar-refractivity contribution in [1.82, 2.24) is 4.98 Å². The van der Waals surface area contributed by atoms with E-state index in [1.165, 1.54) is 32.8 Å². The van der Waals surface area contributed by atoms with E-state index in [1.807, 2.05) is 0 Å². The number of anilines is 12.